The molecule has 2 aliphatic carbocycles. The Kier molecular flexibility index (Phi) is 10.8. The third kappa shape index (κ3) is 7.13. The number of fused-ring (bicyclic) bond motifs is 6. The molecule has 0 bridgehead atoms. The first-order valence-electron chi connectivity index (χ1n) is 15.8. The smallest absolute Gasteiger partial charge is 0.407 e. The van der Waals surface area contributed by atoms with Gasteiger partial charge in [-0.05, 0) is 57.3 Å². The van der Waals surface area contributed by atoms with Gasteiger partial charge in [-0.15, -0.1) is 0 Å². The van der Waals surface area contributed by atoms with E-state index in [0.29, 0.717) is 19.4 Å². The highest BCUT2D eigenvalue weighted by Gasteiger charge is 2.30. The number of ether oxygens (including phenoxy) is 2. The summed E-state index contributed by atoms with van der Waals surface area (Å²) in [5.41, 5.74) is 9.52. The van der Waals surface area contributed by atoms with E-state index in [1.165, 1.54) is 44.5 Å². The zero-order valence-electron chi connectivity index (χ0n) is 26.1. The van der Waals surface area contributed by atoms with Gasteiger partial charge in [0.15, 0.2) is 0 Å². The molecule has 0 spiro atoms. The standard InChI is InChI=1S/C19H21NO3.C19H19NO3/c2*1-2-13(11-21)20-19(22)23-12-18-16-9-5-3-7-14(16)15-8-4-6-10-17(15)18/h3-10,13,18,21H,2,11-12H2,1H3,(H,20,22);3-11,13,18H,2,12H2,1H3,(H,20,22). The molecule has 0 aromatic heterocycles. The van der Waals surface area contributed by atoms with Crippen LogP contribution in [0.2, 0.25) is 0 Å². The van der Waals surface area contributed by atoms with Crippen molar-refractivity contribution in [2.24, 2.45) is 0 Å². The van der Waals surface area contributed by atoms with Crippen molar-refractivity contribution >= 4 is 18.5 Å². The Morgan fingerprint density at radius 1 is 0.652 bits per heavy atom. The monoisotopic (exact) mass is 620 g/mol. The highest BCUT2D eigenvalue weighted by atomic mass is 16.6. The van der Waals surface area contributed by atoms with Gasteiger partial charge in [0.25, 0.3) is 0 Å². The summed E-state index contributed by atoms with van der Waals surface area (Å²) in [5.74, 6) is 0.0896. The number of hydrogen-bond donors (Lipinski definition) is 3. The lowest BCUT2D eigenvalue weighted by molar-refractivity contribution is -0.109. The molecule has 0 aliphatic heterocycles. The van der Waals surface area contributed by atoms with Gasteiger partial charge < -0.3 is 30.0 Å². The molecule has 2 unspecified atom stereocenters. The van der Waals surface area contributed by atoms with Gasteiger partial charge in [-0.2, -0.15) is 0 Å². The molecular formula is C38H40N2O6. The molecule has 2 atom stereocenters. The van der Waals surface area contributed by atoms with Crippen LogP contribution in [0.5, 0.6) is 0 Å². The van der Waals surface area contributed by atoms with Crippen molar-refractivity contribution in [2.45, 2.75) is 50.6 Å². The van der Waals surface area contributed by atoms with Gasteiger partial charge in [-0.3, -0.25) is 0 Å². The van der Waals surface area contributed by atoms with E-state index >= 15 is 0 Å². The predicted octanol–water partition coefficient (Wildman–Crippen LogP) is 6.80. The van der Waals surface area contributed by atoms with Crippen LogP contribution in [0.3, 0.4) is 0 Å². The normalized spacial score (nSPS) is 13.9. The molecule has 8 nitrogen and oxygen atoms in total. The maximum absolute atomic E-state index is 11.9. The van der Waals surface area contributed by atoms with Crippen LogP contribution in [-0.4, -0.2) is 55.5 Å². The van der Waals surface area contributed by atoms with Crippen LogP contribution in [-0.2, 0) is 14.3 Å². The van der Waals surface area contributed by atoms with E-state index in [1.807, 2.05) is 62.4 Å². The van der Waals surface area contributed by atoms with E-state index in [-0.39, 0.29) is 31.1 Å². The van der Waals surface area contributed by atoms with Crippen molar-refractivity contribution in [3.8, 4) is 22.3 Å². The van der Waals surface area contributed by atoms with E-state index < -0.39 is 18.2 Å². The van der Waals surface area contributed by atoms with E-state index in [9.17, 15) is 14.4 Å². The van der Waals surface area contributed by atoms with E-state index in [0.717, 1.165) is 6.29 Å². The van der Waals surface area contributed by atoms with Crippen LogP contribution in [0.1, 0.15) is 60.8 Å². The minimum absolute atomic E-state index is 0.0319. The molecule has 46 heavy (non-hydrogen) atoms. The summed E-state index contributed by atoms with van der Waals surface area (Å²) in [7, 11) is 0. The number of carbonyl (C=O) groups is 3. The molecule has 0 fully saturated rings. The van der Waals surface area contributed by atoms with Crippen molar-refractivity contribution in [3.63, 3.8) is 0 Å². The Hall–Kier alpha value is -4.95. The van der Waals surface area contributed by atoms with Crippen LogP contribution >= 0.6 is 0 Å². The first-order valence-corrected chi connectivity index (χ1v) is 15.8. The summed E-state index contributed by atoms with van der Waals surface area (Å²) in [5, 5.41) is 14.4. The van der Waals surface area contributed by atoms with Gasteiger partial charge in [0.05, 0.1) is 18.7 Å². The maximum atomic E-state index is 11.9. The summed E-state index contributed by atoms with van der Waals surface area (Å²) in [6.45, 7) is 4.21. The van der Waals surface area contributed by atoms with Crippen molar-refractivity contribution in [3.05, 3.63) is 119 Å². The van der Waals surface area contributed by atoms with E-state index in [1.54, 1.807) is 0 Å². The van der Waals surface area contributed by atoms with Gasteiger partial charge in [-0.25, -0.2) is 9.59 Å². The molecule has 0 heterocycles. The molecule has 8 heteroatoms. The summed E-state index contributed by atoms with van der Waals surface area (Å²) in [6, 6.07) is 32.1. The fourth-order valence-corrected chi connectivity index (χ4v) is 6.11. The summed E-state index contributed by atoms with van der Waals surface area (Å²) in [4.78, 5) is 34.6. The summed E-state index contributed by atoms with van der Waals surface area (Å²) in [6.07, 6.45) is 0.911. The first-order chi connectivity index (χ1) is 22.5. The van der Waals surface area contributed by atoms with Gasteiger partial charge in [-0.1, -0.05) is 111 Å². The van der Waals surface area contributed by atoms with Gasteiger partial charge in [0.2, 0.25) is 0 Å². The number of amides is 2. The Labute approximate surface area is 269 Å². The largest absolute Gasteiger partial charge is 0.449 e. The minimum Gasteiger partial charge on any atom is -0.449 e. The molecule has 2 amide bonds. The number of rotatable bonds is 10. The van der Waals surface area contributed by atoms with Crippen molar-refractivity contribution in [1.29, 1.82) is 0 Å². The highest BCUT2D eigenvalue weighted by molar-refractivity contribution is 5.80. The van der Waals surface area contributed by atoms with Crippen LogP contribution in [0.4, 0.5) is 9.59 Å². The van der Waals surface area contributed by atoms with E-state index in [2.05, 4.69) is 59.2 Å². The number of benzene rings is 4. The average Bonchev–Trinajstić information content (AvgIpc) is 3.60. The van der Waals surface area contributed by atoms with Crippen LogP contribution in [0.25, 0.3) is 22.3 Å². The van der Waals surface area contributed by atoms with Gasteiger partial charge >= 0.3 is 12.2 Å². The molecule has 0 saturated carbocycles. The second-order valence-corrected chi connectivity index (χ2v) is 11.4. The Balaban J connectivity index is 0.000000181. The number of aldehydes is 1. The maximum Gasteiger partial charge on any atom is 0.407 e. The fourth-order valence-electron chi connectivity index (χ4n) is 6.11. The number of carbonyl (C=O) groups excluding carboxylic acids is 3. The van der Waals surface area contributed by atoms with Crippen LogP contribution in [0, 0.1) is 0 Å². The molecule has 0 radical (unpaired) electrons. The first kappa shape index (κ1) is 32.4. The second kappa shape index (κ2) is 15.4. The van der Waals surface area contributed by atoms with Gasteiger partial charge in [0.1, 0.15) is 19.5 Å². The zero-order valence-corrected chi connectivity index (χ0v) is 26.1. The number of aliphatic hydroxyl groups excluding tert-OH is 1. The summed E-state index contributed by atoms with van der Waals surface area (Å²) >= 11 is 0. The third-order valence-corrected chi connectivity index (χ3v) is 8.63. The lowest BCUT2D eigenvalue weighted by Crippen LogP contribution is -2.37. The molecule has 0 saturated heterocycles. The third-order valence-electron chi connectivity index (χ3n) is 8.63. The zero-order chi connectivity index (χ0) is 32.5. The molecular weight excluding hydrogens is 580 g/mol. The Morgan fingerprint density at radius 3 is 1.35 bits per heavy atom. The quantitative estimate of drug-likeness (QED) is 0.168. The molecule has 3 N–H and O–H groups in total. The highest BCUT2D eigenvalue weighted by Crippen LogP contribution is 2.45. The van der Waals surface area contributed by atoms with Crippen LogP contribution < -0.4 is 10.6 Å². The second-order valence-electron chi connectivity index (χ2n) is 11.4. The van der Waals surface area contributed by atoms with E-state index in [4.69, 9.17) is 14.6 Å². The number of aliphatic hydroxyl groups is 1. The molecule has 6 rings (SSSR count). The van der Waals surface area contributed by atoms with Crippen molar-refractivity contribution in [2.75, 3.05) is 19.8 Å². The number of alkyl carbamates (subject to hydrolysis) is 2. The molecule has 4 aromatic carbocycles. The van der Waals surface area contributed by atoms with Crippen LogP contribution in [0.15, 0.2) is 97.1 Å². The fraction of sp³-hybridized carbons (Fsp3) is 0.289. The Bertz CT molecular complexity index is 1580. The summed E-state index contributed by atoms with van der Waals surface area (Å²) < 4.78 is 10.8. The number of hydrogen-bond acceptors (Lipinski definition) is 6. The predicted molar refractivity (Wildman–Crippen MR) is 178 cm³/mol. The molecule has 2 aliphatic rings. The van der Waals surface area contributed by atoms with Crippen molar-refractivity contribution < 1.29 is 29.0 Å². The lowest BCUT2D eigenvalue weighted by atomic mass is 9.98. The van der Waals surface area contributed by atoms with Gasteiger partial charge in [0, 0.05) is 11.8 Å². The topological polar surface area (TPSA) is 114 Å². The lowest BCUT2D eigenvalue weighted by Gasteiger charge is -2.17. The minimum atomic E-state index is -0.550. The van der Waals surface area contributed by atoms with Crippen molar-refractivity contribution in [1.82, 2.24) is 10.6 Å². The molecule has 238 valence electrons. The average molecular weight is 621 g/mol. The Morgan fingerprint density at radius 2 is 1.02 bits per heavy atom. The SMILES string of the molecule is CCC(C=O)NC(=O)OCC1c2ccccc2-c2ccccc21.CCC(CO)NC(=O)OCC1c2ccccc2-c2ccccc21. The molecule has 4 aromatic rings. The number of nitrogens with one attached hydrogen (secondary N) is 2.